The Balaban J connectivity index is 2.26. The van der Waals surface area contributed by atoms with Crippen LogP contribution in [0.15, 0.2) is 60.7 Å². The summed E-state index contributed by atoms with van der Waals surface area (Å²) >= 11 is 0. The summed E-state index contributed by atoms with van der Waals surface area (Å²) in [5, 5.41) is 20.5. The van der Waals surface area contributed by atoms with Gasteiger partial charge in [0, 0.05) is 6.42 Å². The van der Waals surface area contributed by atoms with E-state index in [9.17, 15) is 19.5 Å². The van der Waals surface area contributed by atoms with E-state index < -0.39 is 29.8 Å². The quantitative estimate of drug-likeness (QED) is 0.683. The molecule has 130 valence electrons. The summed E-state index contributed by atoms with van der Waals surface area (Å²) in [6.07, 6.45) is -0.509. The first kappa shape index (κ1) is 18.2. The largest absolute Gasteiger partial charge is 0.481 e. The second-order valence-corrected chi connectivity index (χ2v) is 5.59. The summed E-state index contributed by atoms with van der Waals surface area (Å²) in [6.45, 7) is 0. The molecule has 2 aromatic carbocycles. The lowest BCUT2D eigenvalue weighted by atomic mass is 9.90. The Morgan fingerprint density at radius 3 is 1.72 bits per heavy atom. The third-order valence-corrected chi connectivity index (χ3v) is 3.79. The van der Waals surface area contributed by atoms with Crippen molar-refractivity contribution in [1.29, 1.82) is 0 Å². The SMILES string of the molecule is O=C(O)CCC(NC(=O)C(c1ccccc1)c1ccccc1)C(=O)O. The molecule has 2 aromatic rings. The van der Waals surface area contributed by atoms with Crippen LogP contribution in [-0.2, 0) is 14.4 Å². The third-order valence-electron chi connectivity index (χ3n) is 3.79. The predicted molar refractivity (Wildman–Crippen MR) is 91.2 cm³/mol. The normalized spacial score (nSPS) is 11.7. The van der Waals surface area contributed by atoms with Gasteiger partial charge in [-0.15, -0.1) is 0 Å². The van der Waals surface area contributed by atoms with Crippen LogP contribution in [0.1, 0.15) is 29.9 Å². The Hall–Kier alpha value is -3.15. The minimum atomic E-state index is -1.26. The van der Waals surface area contributed by atoms with Gasteiger partial charge >= 0.3 is 11.9 Å². The van der Waals surface area contributed by atoms with E-state index in [1.807, 2.05) is 12.1 Å². The molecule has 0 aliphatic carbocycles. The third kappa shape index (κ3) is 5.17. The first-order valence-corrected chi connectivity index (χ1v) is 7.84. The maximum atomic E-state index is 12.8. The molecule has 0 aromatic heterocycles. The fourth-order valence-corrected chi connectivity index (χ4v) is 2.57. The first-order valence-electron chi connectivity index (χ1n) is 7.84. The molecule has 0 radical (unpaired) electrons. The van der Waals surface area contributed by atoms with Crippen molar-refractivity contribution in [2.75, 3.05) is 0 Å². The van der Waals surface area contributed by atoms with Crippen molar-refractivity contribution in [2.45, 2.75) is 24.8 Å². The molecule has 0 spiro atoms. The molecule has 6 heteroatoms. The number of nitrogens with one attached hydrogen (secondary N) is 1. The second-order valence-electron chi connectivity index (χ2n) is 5.59. The van der Waals surface area contributed by atoms with Crippen LogP contribution >= 0.6 is 0 Å². The molecule has 25 heavy (non-hydrogen) atoms. The van der Waals surface area contributed by atoms with Gasteiger partial charge in [-0.3, -0.25) is 9.59 Å². The molecular weight excluding hydrogens is 322 g/mol. The van der Waals surface area contributed by atoms with Crippen LogP contribution in [0.3, 0.4) is 0 Å². The fourth-order valence-electron chi connectivity index (χ4n) is 2.57. The number of benzene rings is 2. The van der Waals surface area contributed by atoms with Crippen molar-refractivity contribution in [2.24, 2.45) is 0 Å². The van der Waals surface area contributed by atoms with Crippen LogP contribution in [0, 0.1) is 0 Å². The minimum Gasteiger partial charge on any atom is -0.481 e. The highest BCUT2D eigenvalue weighted by atomic mass is 16.4. The van der Waals surface area contributed by atoms with E-state index in [1.54, 1.807) is 48.5 Å². The van der Waals surface area contributed by atoms with Gasteiger partial charge in [0.1, 0.15) is 6.04 Å². The molecule has 0 bridgehead atoms. The lowest BCUT2D eigenvalue weighted by molar-refractivity contribution is -0.143. The molecule has 0 heterocycles. The Morgan fingerprint density at radius 2 is 1.32 bits per heavy atom. The Bertz CT molecular complexity index is 690. The summed E-state index contributed by atoms with van der Waals surface area (Å²) in [4.78, 5) is 34.8. The van der Waals surface area contributed by atoms with Crippen molar-refractivity contribution in [3.05, 3.63) is 71.8 Å². The maximum Gasteiger partial charge on any atom is 0.326 e. The van der Waals surface area contributed by atoms with E-state index in [-0.39, 0.29) is 12.8 Å². The maximum absolute atomic E-state index is 12.8. The average Bonchev–Trinajstić information content (AvgIpc) is 2.60. The monoisotopic (exact) mass is 341 g/mol. The van der Waals surface area contributed by atoms with Crippen molar-refractivity contribution >= 4 is 17.8 Å². The number of aliphatic carboxylic acids is 2. The fraction of sp³-hybridized carbons (Fsp3) is 0.211. The molecule has 1 unspecified atom stereocenters. The summed E-state index contributed by atoms with van der Waals surface area (Å²) < 4.78 is 0. The number of carboxylic acids is 2. The Morgan fingerprint density at radius 1 is 0.840 bits per heavy atom. The zero-order chi connectivity index (χ0) is 18.2. The van der Waals surface area contributed by atoms with Gasteiger partial charge in [0.25, 0.3) is 0 Å². The summed E-state index contributed by atoms with van der Waals surface area (Å²) in [7, 11) is 0. The lowest BCUT2D eigenvalue weighted by Gasteiger charge is -2.21. The van der Waals surface area contributed by atoms with E-state index in [0.29, 0.717) is 0 Å². The highest BCUT2D eigenvalue weighted by Gasteiger charge is 2.27. The molecule has 0 fully saturated rings. The van der Waals surface area contributed by atoms with Crippen LogP contribution < -0.4 is 5.32 Å². The molecule has 0 aliphatic rings. The predicted octanol–water partition coefficient (Wildman–Crippen LogP) is 2.25. The van der Waals surface area contributed by atoms with Crippen LogP contribution in [0.25, 0.3) is 0 Å². The number of amides is 1. The van der Waals surface area contributed by atoms with Gasteiger partial charge in [0.05, 0.1) is 5.92 Å². The van der Waals surface area contributed by atoms with E-state index in [0.717, 1.165) is 11.1 Å². The number of hydrogen-bond donors (Lipinski definition) is 3. The van der Waals surface area contributed by atoms with E-state index >= 15 is 0 Å². The van der Waals surface area contributed by atoms with Crippen molar-refractivity contribution < 1.29 is 24.6 Å². The van der Waals surface area contributed by atoms with E-state index in [2.05, 4.69) is 5.32 Å². The van der Waals surface area contributed by atoms with Crippen molar-refractivity contribution in [3.8, 4) is 0 Å². The highest BCUT2D eigenvalue weighted by molar-refractivity contribution is 5.90. The van der Waals surface area contributed by atoms with Crippen LogP contribution in [0.5, 0.6) is 0 Å². The number of hydrogen-bond acceptors (Lipinski definition) is 3. The van der Waals surface area contributed by atoms with E-state index in [4.69, 9.17) is 5.11 Å². The molecule has 0 saturated carbocycles. The second kappa shape index (κ2) is 8.63. The minimum absolute atomic E-state index is 0.174. The first-order chi connectivity index (χ1) is 12.0. The summed E-state index contributed by atoms with van der Waals surface area (Å²) in [6, 6.07) is 16.8. The molecule has 3 N–H and O–H groups in total. The van der Waals surface area contributed by atoms with Crippen LogP contribution in [-0.4, -0.2) is 34.1 Å². The highest BCUT2D eigenvalue weighted by Crippen LogP contribution is 2.25. The van der Waals surface area contributed by atoms with E-state index in [1.165, 1.54) is 0 Å². The summed E-state index contributed by atoms with van der Waals surface area (Å²) in [5.41, 5.74) is 1.46. The molecule has 6 nitrogen and oxygen atoms in total. The van der Waals surface area contributed by atoms with Crippen molar-refractivity contribution in [1.82, 2.24) is 5.32 Å². The smallest absolute Gasteiger partial charge is 0.326 e. The number of carbonyl (C=O) groups is 3. The van der Waals surface area contributed by atoms with Gasteiger partial charge in [0.2, 0.25) is 5.91 Å². The average molecular weight is 341 g/mol. The standard InChI is InChI=1S/C19H19NO5/c21-16(22)12-11-15(19(24)25)20-18(23)17(13-7-3-1-4-8-13)14-9-5-2-6-10-14/h1-10,15,17H,11-12H2,(H,20,23)(H,21,22)(H,24,25). The van der Waals surface area contributed by atoms with Gasteiger partial charge in [0.15, 0.2) is 0 Å². The molecular formula is C19H19NO5. The van der Waals surface area contributed by atoms with Crippen LogP contribution in [0.2, 0.25) is 0 Å². The van der Waals surface area contributed by atoms with Gasteiger partial charge in [-0.05, 0) is 17.5 Å². The Labute approximate surface area is 145 Å². The van der Waals surface area contributed by atoms with Gasteiger partial charge < -0.3 is 15.5 Å². The summed E-state index contributed by atoms with van der Waals surface area (Å²) in [5.74, 6) is -3.51. The number of carbonyl (C=O) groups excluding carboxylic acids is 1. The molecule has 0 aliphatic heterocycles. The number of rotatable bonds is 8. The van der Waals surface area contributed by atoms with Crippen LogP contribution in [0.4, 0.5) is 0 Å². The zero-order valence-electron chi connectivity index (χ0n) is 13.5. The molecule has 0 saturated heterocycles. The zero-order valence-corrected chi connectivity index (χ0v) is 13.5. The van der Waals surface area contributed by atoms with Gasteiger partial charge in [-0.25, -0.2) is 4.79 Å². The Kier molecular flexibility index (Phi) is 6.28. The van der Waals surface area contributed by atoms with Gasteiger partial charge in [-0.2, -0.15) is 0 Å². The van der Waals surface area contributed by atoms with Gasteiger partial charge in [-0.1, -0.05) is 60.7 Å². The lowest BCUT2D eigenvalue weighted by Crippen LogP contribution is -2.43. The molecule has 2 rings (SSSR count). The molecule has 1 atom stereocenters. The molecule has 1 amide bonds. The topological polar surface area (TPSA) is 104 Å². The number of carboxylic acid groups (broad SMARTS) is 2. The van der Waals surface area contributed by atoms with Crippen molar-refractivity contribution in [3.63, 3.8) is 0 Å².